The lowest BCUT2D eigenvalue weighted by molar-refractivity contribution is -0.128. The van der Waals surface area contributed by atoms with Crippen molar-refractivity contribution in [2.75, 3.05) is 13.1 Å². The first kappa shape index (κ1) is 21.4. The van der Waals surface area contributed by atoms with Gasteiger partial charge in [0.15, 0.2) is 6.10 Å². The molecule has 0 bridgehead atoms. The molecule has 4 nitrogen and oxygen atoms in total. The molecule has 0 saturated carbocycles. The molecular weight excluding hydrogens is 360 g/mol. The Hall–Kier alpha value is -2.33. The summed E-state index contributed by atoms with van der Waals surface area (Å²) in [6, 6.07) is 14.5. The van der Waals surface area contributed by atoms with Crippen LogP contribution in [0, 0.1) is 13.8 Å². The van der Waals surface area contributed by atoms with Crippen LogP contribution in [-0.4, -0.2) is 30.0 Å². The van der Waals surface area contributed by atoms with Crippen LogP contribution >= 0.6 is 0 Å². The molecule has 1 amide bonds. The van der Waals surface area contributed by atoms with E-state index in [4.69, 9.17) is 4.74 Å². The summed E-state index contributed by atoms with van der Waals surface area (Å²) < 4.78 is 5.96. The molecule has 0 aromatic heterocycles. The van der Waals surface area contributed by atoms with Gasteiger partial charge in [0.25, 0.3) is 5.91 Å². The van der Waals surface area contributed by atoms with Crippen molar-refractivity contribution in [2.24, 2.45) is 0 Å². The lowest BCUT2D eigenvalue weighted by Crippen LogP contribution is -2.37. The smallest absolute Gasteiger partial charge is 0.261 e. The molecule has 1 saturated heterocycles. The minimum atomic E-state index is -0.478. The second-order valence-electron chi connectivity index (χ2n) is 8.14. The molecule has 1 unspecified atom stereocenters. The third-order valence-electron chi connectivity index (χ3n) is 5.73. The molecule has 1 aliphatic heterocycles. The van der Waals surface area contributed by atoms with E-state index in [1.807, 2.05) is 25.1 Å². The van der Waals surface area contributed by atoms with Gasteiger partial charge < -0.3 is 10.1 Å². The number of nitrogens with zero attached hydrogens (tertiary/aromatic N) is 1. The maximum Gasteiger partial charge on any atom is 0.261 e. The number of rotatable bonds is 8. The molecule has 2 aromatic carbocycles. The first-order valence-corrected chi connectivity index (χ1v) is 10.9. The van der Waals surface area contributed by atoms with E-state index in [2.05, 4.69) is 48.3 Å². The van der Waals surface area contributed by atoms with E-state index in [9.17, 15) is 4.79 Å². The van der Waals surface area contributed by atoms with E-state index in [-0.39, 0.29) is 5.91 Å². The van der Waals surface area contributed by atoms with E-state index >= 15 is 0 Å². The normalized spacial score (nSPS) is 15.7. The summed E-state index contributed by atoms with van der Waals surface area (Å²) in [5.41, 5.74) is 4.84. The van der Waals surface area contributed by atoms with Gasteiger partial charge in [0.05, 0.1) is 0 Å². The SMILES string of the molecule is CCC(Oc1ccc(C)c(C)c1)C(=O)NCc1cccc(CN2CCCCC2)c1. The number of ether oxygens (including phenoxy) is 1. The van der Waals surface area contributed by atoms with Crippen LogP contribution in [0.1, 0.15) is 54.9 Å². The molecule has 0 aliphatic carbocycles. The fourth-order valence-corrected chi connectivity index (χ4v) is 3.79. The molecule has 1 atom stereocenters. The van der Waals surface area contributed by atoms with E-state index < -0.39 is 6.10 Å². The highest BCUT2D eigenvalue weighted by Crippen LogP contribution is 2.19. The largest absolute Gasteiger partial charge is 0.481 e. The fraction of sp³-hybridized carbons (Fsp3) is 0.480. The van der Waals surface area contributed by atoms with Crippen LogP contribution in [0.25, 0.3) is 0 Å². The Labute approximate surface area is 175 Å². The van der Waals surface area contributed by atoms with Gasteiger partial charge in [-0.15, -0.1) is 0 Å². The van der Waals surface area contributed by atoms with Crippen molar-refractivity contribution in [1.82, 2.24) is 10.2 Å². The number of aryl methyl sites for hydroxylation is 2. The van der Waals surface area contributed by atoms with Gasteiger partial charge in [-0.2, -0.15) is 0 Å². The van der Waals surface area contributed by atoms with E-state index in [0.29, 0.717) is 13.0 Å². The Balaban J connectivity index is 1.54. The molecule has 0 spiro atoms. The molecule has 29 heavy (non-hydrogen) atoms. The van der Waals surface area contributed by atoms with Gasteiger partial charge in [-0.25, -0.2) is 0 Å². The van der Waals surface area contributed by atoms with Gasteiger partial charge in [-0.05, 0) is 80.6 Å². The average molecular weight is 395 g/mol. The van der Waals surface area contributed by atoms with Crippen LogP contribution in [-0.2, 0) is 17.9 Å². The predicted molar refractivity (Wildman–Crippen MR) is 118 cm³/mol. The lowest BCUT2D eigenvalue weighted by Gasteiger charge is -2.26. The summed E-state index contributed by atoms with van der Waals surface area (Å²) in [7, 11) is 0. The molecule has 3 rings (SSSR count). The highest BCUT2D eigenvalue weighted by molar-refractivity contribution is 5.81. The zero-order valence-electron chi connectivity index (χ0n) is 18.0. The minimum absolute atomic E-state index is 0.0628. The highest BCUT2D eigenvalue weighted by Gasteiger charge is 2.18. The van der Waals surface area contributed by atoms with Crippen LogP contribution in [0.4, 0.5) is 0 Å². The molecule has 4 heteroatoms. The summed E-state index contributed by atoms with van der Waals surface area (Å²) in [6.45, 7) is 10.0. The molecule has 156 valence electrons. The van der Waals surface area contributed by atoms with E-state index in [1.54, 1.807) is 0 Å². The Morgan fingerprint density at radius 1 is 1.03 bits per heavy atom. The molecule has 1 heterocycles. The number of piperidine rings is 1. The van der Waals surface area contributed by atoms with Crippen molar-refractivity contribution in [1.29, 1.82) is 0 Å². The van der Waals surface area contributed by atoms with Gasteiger partial charge in [-0.1, -0.05) is 43.7 Å². The molecule has 1 N–H and O–H groups in total. The first-order chi connectivity index (χ1) is 14.0. The molecule has 1 aliphatic rings. The quantitative estimate of drug-likeness (QED) is 0.702. The van der Waals surface area contributed by atoms with Crippen molar-refractivity contribution in [2.45, 2.75) is 65.6 Å². The van der Waals surface area contributed by atoms with E-state index in [1.165, 1.54) is 49.0 Å². The van der Waals surface area contributed by atoms with Gasteiger partial charge in [-0.3, -0.25) is 9.69 Å². The second-order valence-corrected chi connectivity index (χ2v) is 8.14. The van der Waals surface area contributed by atoms with Gasteiger partial charge in [0.2, 0.25) is 0 Å². The van der Waals surface area contributed by atoms with Crippen molar-refractivity contribution in [3.8, 4) is 5.75 Å². The standard InChI is InChI=1S/C25H34N2O2/c1-4-24(29-23-12-11-19(2)20(3)15-23)25(28)26-17-21-9-8-10-22(16-21)18-27-13-6-5-7-14-27/h8-12,15-16,24H,4-7,13-14,17-18H2,1-3H3,(H,26,28). The number of carbonyl (C=O) groups excluding carboxylic acids is 1. The summed E-state index contributed by atoms with van der Waals surface area (Å²) in [6.07, 6.45) is 4.11. The maximum absolute atomic E-state index is 12.7. The third kappa shape index (κ3) is 6.33. The zero-order chi connectivity index (χ0) is 20.6. The van der Waals surface area contributed by atoms with Crippen molar-refractivity contribution >= 4 is 5.91 Å². The monoisotopic (exact) mass is 394 g/mol. The van der Waals surface area contributed by atoms with Gasteiger partial charge in [0, 0.05) is 13.1 Å². The topological polar surface area (TPSA) is 41.6 Å². The fourth-order valence-electron chi connectivity index (χ4n) is 3.79. The number of benzene rings is 2. The summed E-state index contributed by atoms with van der Waals surface area (Å²) in [5.74, 6) is 0.686. The van der Waals surface area contributed by atoms with Crippen LogP contribution in [0.15, 0.2) is 42.5 Å². The van der Waals surface area contributed by atoms with Crippen molar-refractivity contribution < 1.29 is 9.53 Å². The van der Waals surface area contributed by atoms with Crippen molar-refractivity contribution in [3.63, 3.8) is 0 Å². The van der Waals surface area contributed by atoms with Crippen molar-refractivity contribution in [3.05, 3.63) is 64.7 Å². The summed E-state index contributed by atoms with van der Waals surface area (Å²) >= 11 is 0. The second kappa shape index (κ2) is 10.4. The van der Waals surface area contributed by atoms with Crippen LogP contribution in [0.5, 0.6) is 5.75 Å². The molecule has 0 radical (unpaired) electrons. The van der Waals surface area contributed by atoms with Crippen LogP contribution < -0.4 is 10.1 Å². The number of amides is 1. The number of carbonyl (C=O) groups is 1. The Morgan fingerprint density at radius 2 is 1.79 bits per heavy atom. The van der Waals surface area contributed by atoms with Gasteiger partial charge in [0.1, 0.15) is 5.75 Å². The lowest BCUT2D eigenvalue weighted by atomic mass is 10.1. The summed E-state index contributed by atoms with van der Waals surface area (Å²) in [5, 5.41) is 3.05. The average Bonchev–Trinajstić information content (AvgIpc) is 2.74. The molecule has 1 fully saturated rings. The molecule has 2 aromatic rings. The van der Waals surface area contributed by atoms with Crippen LogP contribution in [0.2, 0.25) is 0 Å². The minimum Gasteiger partial charge on any atom is -0.481 e. The Bertz CT molecular complexity index is 812. The number of hydrogen-bond donors (Lipinski definition) is 1. The molecular formula is C25H34N2O2. The number of hydrogen-bond acceptors (Lipinski definition) is 3. The third-order valence-corrected chi connectivity index (χ3v) is 5.73. The summed E-state index contributed by atoms with van der Waals surface area (Å²) in [4.78, 5) is 15.2. The zero-order valence-corrected chi connectivity index (χ0v) is 18.0. The predicted octanol–water partition coefficient (Wildman–Crippen LogP) is 4.76. The highest BCUT2D eigenvalue weighted by atomic mass is 16.5. The Morgan fingerprint density at radius 3 is 2.52 bits per heavy atom. The van der Waals surface area contributed by atoms with Crippen LogP contribution in [0.3, 0.4) is 0 Å². The number of nitrogens with one attached hydrogen (secondary N) is 1. The Kier molecular flexibility index (Phi) is 7.70. The van der Waals surface area contributed by atoms with Gasteiger partial charge >= 0.3 is 0 Å². The number of likely N-dealkylation sites (tertiary alicyclic amines) is 1. The first-order valence-electron chi connectivity index (χ1n) is 10.9. The van der Waals surface area contributed by atoms with E-state index in [0.717, 1.165) is 17.9 Å². The maximum atomic E-state index is 12.7.